The number of thioether (sulfide) groups is 1. The minimum Gasteiger partial charge on any atom is -0.493 e. The summed E-state index contributed by atoms with van der Waals surface area (Å²) in [6, 6.07) is 5.36. The molecule has 0 spiro atoms. The number of carbonyl (C=O) groups excluding carboxylic acids is 3. The molecule has 3 rings (SSSR count). The molecule has 1 saturated carbocycles. The SMILES string of the molecule is CCOc1ccc(C=C2SC(=O)N(CCNC(=O)CCC3CCCC3)C2=O)cc1OC. The first-order valence-electron chi connectivity index (χ1n) is 10.8. The molecule has 1 heterocycles. The Morgan fingerprint density at radius 3 is 2.74 bits per heavy atom. The average molecular weight is 447 g/mol. The molecule has 1 aliphatic heterocycles. The van der Waals surface area contributed by atoms with Gasteiger partial charge in [-0.05, 0) is 54.8 Å². The van der Waals surface area contributed by atoms with E-state index < -0.39 is 0 Å². The summed E-state index contributed by atoms with van der Waals surface area (Å²) in [5.74, 6) is 1.49. The van der Waals surface area contributed by atoms with E-state index in [2.05, 4.69) is 5.32 Å². The van der Waals surface area contributed by atoms with Crippen LogP contribution in [0.25, 0.3) is 6.08 Å². The van der Waals surface area contributed by atoms with Gasteiger partial charge in [0.15, 0.2) is 11.5 Å². The van der Waals surface area contributed by atoms with Gasteiger partial charge >= 0.3 is 0 Å². The van der Waals surface area contributed by atoms with E-state index in [1.54, 1.807) is 25.3 Å². The van der Waals surface area contributed by atoms with Crippen LogP contribution >= 0.6 is 11.8 Å². The van der Waals surface area contributed by atoms with E-state index in [9.17, 15) is 14.4 Å². The Balaban J connectivity index is 1.52. The monoisotopic (exact) mass is 446 g/mol. The number of hydrogen-bond acceptors (Lipinski definition) is 6. The Morgan fingerprint density at radius 1 is 1.26 bits per heavy atom. The number of ether oxygens (including phenoxy) is 2. The zero-order chi connectivity index (χ0) is 22.2. The van der Waals surface area contributed by atoms with Crippen molar-refractivity contribution in [2.45, 2.75) is 45.4 Å². The van der Waals surface area contributed by atoms with Crippen molar-refractivity contribution in [1.82, 2.24) is 10.2 Å². The molecule has 1 saturated heterocycles. The Bertz CT molecular complexity index is 848. The summed E-state index contributed by atoms with van der Waals surface area (Å²) in [7, 11) is 1.55. The van der Waals surface area contributed by atoms with Crippen molar-refractivity contribution in [2.24, 2.45) is 5.92 Å². The third kappa shape index (κ3) is 6.26. The van der Waals surface area contributed by atoms with E-state index in [0.29, 0.717) is 35.3 Å². The molecule has 1 aromatic rings. The van der Waals surface area contributed by atoms with Gasteiger partial charge in [0.25, 0.3) is 11.1 Å². The number of hydrogen-bond donors (Lipinski definition) is 1. The lowest BCUT2D eigenvalue weighted by atomic mass is 10.0. The fraction of sp³-hybridized carbons (Fsp3) is 0.522. The van der Waals surface area contributed by atoms with Crippen molar-refractivity contribution >= 4 is 34.9 Å². The number of nitrogens with zero attached hydrogens (tertiary/aromatic N) is 1. The molecule has 0 bridgehead atoms. The van der Waals surface area contributed by atoms with Gasteiger partial charge in [0.2, 0.25) is 5.91 Å². The normalized spacial score (nSPS) is 18.1. The number of nitrogens with one attached hydrogen (secondary N) is 1. The van der Waals surface area contributed by atoms with E-state index in [1.807, 2.05) is 13.0 Å². The van der Waals surface area contributed by atoms with Crippen molar-refractivity contribution in [3.05, 3.63) is 28.7 Å². The van der Waals surface area contributed by atoms with Crippen LogP contribution in [0.1, 0.15) is 51.0 Å². The lowest BCUT2D eigenvalue weighted by Crippen LogP contribution is -2.37. The molecular formula is C23H30N2O5S. The van der Waals surface area contributed by atoms with Crippen LogP contribution in [0, 0.1) is 5.92 Å². The highest BCUT2D eigenvalue weighted by Crippen LogP contribution is 2.34. The quantitative estimate of drug-likeness (QED) is 0.542. The van der Waals surface area contributed by atoms with Gasteiger partial charge in [-0.25, -0.2) is 0 Å². The Morgan fingerprint density at radius 2 is 2.03 bits per heavy atom. The summed E-state index contributed by atoms with van der Waals surface area (Å²) >= 11 is 0.904. The van der Waals surface area contributed by atoms with Gasteiger partial charge in [-0.3, -0.25) is 19.3 Å². The van der Waals surface area contributed by atoms with Crippen LogP contribution < -0.4 is 14.8 Å². The predicted octanol–water partition coefficient (Wildman–Crippen LogP) is 4.22. The molecule has 2 fully saturated rings. The van der Waals surface area contributed by atoms with Gasteiger partial charge in [-0.15, -0.1) is 0 Å². The molecule has 0 radical (unpaired) electrons. The van der Waals surface area contributed by atoms with Gasteiger partial charge in [0.1, 0.15) is 0 Å². The first kappa shape index (κ1) is 23.2. The molecule has 1 N–H and O–H groups in total. The lowest BCUT2D eigenvalue weighted by molar-refractivity contribution is -0.124. The second kappa shape index (κ2) is 11.2. The van der Waals surface area contributed by atoms with Crippen molar-refractivity contribution in [2.75, 3.05) is 26.8 Å². The molecule has 1 aromatic carbocycles. The summed E-state index contributed by atoms with van der Waals surface area (Å²) < 4.78 is 10.8. The van der Waals surface area contributed by atoms with E-state index in [1.165, 1.54) is 30.6 Å². The molecule has 31 heavy (non-hydrogen) atoms. The van der Waals surface area contributed by atoms with Gasteiger partial charge in [-0.2, -0.15) is 0 Å². The molecule has 0 atom stereocenters. The van der Waals surface area contributed by atoms with Crippen LogP contribution in [0.15, 0.2) is 23.1 Å². The Hall–Kier alpha value is -2.48. The topological polar surface area (TPSA) is 84.9 Å². The van der Waals surface area contributed by atoms with E-state index in [0.717, 1.165) is 23.7 Å². The molecule has 7 nitrogen and oxygen atoms in total. The number of methoxy groups -OCH3 is 1. The Labute approximate surface area is 187 Å². The minimum absolute atomic E-state index is 0.0177. The second-order valence-corrected chi connectivity index (χ2v) is 8.71. The summed E-state index contributed by atoms with van der Waals surface area (Å²) in [5, 5.41) is 2.50. The number of imide groups is 1. The maximum absolute atomic E-state index is 12.7. The highest BCUT2D eigenvalue weighted by Gasteiger charge is 2.34. The highest BCUT2D eigenvalue weighted by atomic mass is 32.2. The maximum atomic E-state index is 12.7. The largest absolute Gasteiger partial charge is 0.493 e. The molecule has 168 valence electrons. The van der Waals surface area contributed by atoms with Gasteiger partial charge in [-0.1, -0.05) is 31.7 Å². The average Bonchev–Trinajstić information content (AvgIpc) is 3.37. The molecular weight excluding hydrogens is 416 g/mol. The fourth-order valence-electron chi connectivity index (χ4n) is 3.92. The number of carbonyl (C=O) groups is 3. The van der Waals surface area contributed by atoms with E-state index in [-0.39, 0.29) is 30.1 Å². The van der Waals surface area contributed by atoms with Crippen molar-refractivity contribution < 1.29 is 23.9 Å². The van der Waals surface area contributed by atoms with Crippen LogP contribution in [0.4, 0.5) is 4.79 Å². The van der Waals surface area contributed by atoms with Crippen molar-refractivity contribution in [3.8, 4) is 11.5 Å². The third-order valence-electron chi connectivity index (χ3n) is 5.57. The minimum atomic E-state index is -0.344. The van der Waals surface area contributed by atoms with Gasteiger partial charge in [0, 0.05) is 19.5 Å². The molecule has 0 aromatic heterocycles. The first-order chi connectivity index (χ1) is 15.0. The lowest BCUT2D eigenvalue weighted by Gasteiger charge is -2.13. The predicted molar refractivity (Wildman–Crippen MR) is 121 cm³/mol. The summed E-state index contributed by atoms with van der Waals surface area (Å²) in [4.78, 5) is 38.5. The van der Waals surface area contributed by atoms with E-state index >= 15 is 0 Å². The number of amides is 3. The number of benzene rings is 1. The zero-order valence-electron chi connectivity index (χ0n) is 18.1. The van der Waals surface area contributed by atoms with Crippen LogP contribution in [0.3, 0.4) is 0 Å². The van der Waals surface area contributed by atoms with Gasteiger partial charge < -0.3 is 14.8 Å². The van der Waals surface area contributed by atoms with Crippen LogP contribution in [-0.2, 0) is 9.59 Å². The smallest absolute Gasteiger partial charge is 0.293 e. The van der Waals surface area contributed by atoms with Crippen LogP contribution in [-0.4, -0.2) is 48.8 Å². The maximum Gasteiger partial charge on any atom is 0.293 e. The third-order valence-corrected chi connectivity index (χ3v) is 6.48. The van der Waals surface area contributed by atoms with Crippen molar-refractivity contribution in [1.29, 1.82) is 0 Å². The fourth-order valence-corrected chi connectivity index (χ4v) is 4.79. The summed E-state index contributed by atoms with van der Waals surface area (Å²) in [6.45, 7) is 2.85. The zero-order valence-corrected chi connectivity index (χ0v) is 19.0. The number of rotatable bonds is 10. The standard InChI is InChI=1S/C23H30N2O5S/c1-3-30-18-10-8-17(14-19(18)29-2)15-20-22(27)25(23(28)31-20)13-12-24-21(26)11-9-16-6-4-5-7-16/h8,10,14-16H,3-7,9,11-13H2,1-2H3,(H,24,26). The van der Waals surface area contributed by atoms with Crippen LogP contribution in [0.5, 0.6) is 11.5 Å². The van der Waals surface area contributed by atoms with E-state index in [4.69, 9.17) is 9.47 Å². The molecule has 0 unspecified atom stereocenters. The van der Waals surface area contributed by atoms with Gasteiger partial charge in [0.05, 0.1) is 18.6 Å². The molecule has 8 heteroatoms. The highest BCUT2D eigenvalue weighted by molar-refractivity contribution is 8.18. The summed E-state index contributed by atoms with van der Waals surface area (Å²) in [5.41, 5.74) is 0.742. The Kier molecular flexibility index (Phi) is 8.40. The second-order valence-electron chi connectivity index (χ2n) is 7.72. The molecule has 3 amide bonds. The first-order valence-corrected chi connectivity index (χ1v) is 11.7. The molecule has 1 aliphatic carbocycles. The molecule has 2 aliphatic rings. The summed E-state index contributed by atoms with van der Waals surface area (Å²) in [6.07, 6.45) is 8.06. The van der Waals surface area contributed by atoms with Crippen LogP contribution in [0.2, 0.25) is 0 Å². The van der Waals surface area contributed by atoms with Crippen molar-refractivity contribution in [3.63, 3.8) is 0 Å².